The van der Waals surface area contributed by atoms with Crippen molar-refractivity contribution in [3.63, 3.8) is 0 Å². The average Bonchev–Trinajstić information content (AvgIpc) is 2.84. The SMILES string of the molecule is CC(Oc1cccc(CO)c1)C(=O)NC1CCCC1C. The van der Waals surface area contributed by atoms with Gasteiger partial charge >= 0.3 is 0 Å². The number of carbonyl (C=O) groups excluding carboxylic acids is 1. The second kappa shape index (κ2) is 6.75. The van der Waals surface area contributed by atoms with Gasteiger partial charge in [0.05, 0.1) is 6.61 Å². The summed E-state index contributed by atoms with van der Waals surface area (Å²) >= 11 is 0. The minimum Gasteiger partial charge on any atom is -0.481 e. The van der Waals surface area contributed by atoms with Gasteiger partial charge in [0.2, 0.25) is 0 Å². The molecule has 0 spiro atoms. The number of carbonyl (C=O) groups is 1. The zero-order chi connectivity index (χ0) is 14.5. The van der Waals surface area contributed by atoms with Crippen LogP contribution >= 0.6 is 0 Å². The summed E-state index contributed by atoms with van der Waals surface area (Å²) in [6.45, 7) is 3.89. The number of amides is 1. The summed E-state index contributed by atoms with van der Waals surface area (Å²) < 4.78 is 5.64. The van der Waals surface area contributed by atoms with E-state index in [0.29, 0.717) is 11.7 Å². The molecule has 1 saturated carbocycles. The topological polar surface area (TPSA) is 58.6 Å². The summed E-state index contributed by atoms with van der Waals surface area (Å²) in [6, 6.07) is 7.45. The van der Waals surface area contributed by atoms with Gasteiger partial charge in [0, 0.05) is 6.04 Å². The predicted molar refractivity (Wildman–Crippen MR) is 77.4 cm³/mol. The summed E-state index contributed by atoms with van der Waals surface area (Å²) in [5.41, 5.74) is 0.777. The molecule has 3 unspecified atom stereocenters. The van der Waals surface area contributed by atoms with Crippen LogP contribution in [0.5, 0.6) is 5.75 Å². The number of hydrogen-bond acceptors (Lipinski definition) is 3. The molecule has 20 heavy (non-hydrogen) atoms. The standard InChI is InChI=1S/C16H23NO3/c1-11-5-3-8-15(11)17-16(19)12(2)20-14-7-4-6-13(9-14)10-18/h4,6-7,9,11-12,15,18H,3,5,8,10H2,1-2H3,(H,17,19). The van der Waals surface area contributed by atoms with Crippen LogP contribution in [-0.4, -0.2) is 23.2 Å². The molecule has 4 nitrogen and oxygen atoms in total. The van der Waals surface area contributed by atoms with Crippen LogP contribution in [0.4, 0.5) is 0 Å². The van der Waals surface area contributed by atoms with Crippen LogP contribution < -0.4 is 10.1 Å². The van der Waals surface area contributed by atoms with Crippen molar-refractivity contribution in [2.24, 2.45) is 5.92 Å². The Kier molecular flexibility index (Phi) is 5.01. The number of nitrogens with one attached hydrogen (secondary N) is 1. The largest absolute Gasteiger partial charge is 0.481 e. The van der Waals surface area contributed by atoms with E-state index < -0.39 is 6.10 Å². The third-order valence-electron chi connectivity index (χ3n) is 3.95. The summed E-state index contributed by atoms with van der Waals surface area (Å²) in [4.78, 5) is 12.1. The minimum atomic E-state index is -0.531. The van der Waals surface area contributed by atoms with Gasteiger partial charge in [-0.15, -0.1) is 0 Å². The van der Waals surface area contributed by atoms with Gasteiger partial charge in [-0.3, -0.25) is 4.79 Å². The van der Waals surface area contributed by atoms with Crippen molar-refractivity contribution in [1.82, 2.24) is 5.32 Å². The van der Waals surface area contributed by atoms with Crippen molar-refractivity contribution in [2.45, 2.75) is 51.9 Å². The van der Waals surface area contributed by atoms with Crippen molar-refractivity contribution >= 4 is 5.91 Å². The van der Waals surface area contributed by atoms with Crippen LogP contribution in [0.25, 0.3) is 0 Å². The van der Waals surface area contributed by atoms with E-state index in [4.69, 9.17) is 9.84 Å². The summed E-state index contributed by atoms with van der Waals surface area (Å²) in [5.74, 6) is 1.08. The first-order valence-corrected chi connectivity index (χ1v) is 7.27. The zero-order valence-corrected chi connectivity index (χ0v) is 12.1. The Morgan fingerprint density at radius 3 is 2.95 bits per heavy atom. The Morgan fingerprint density at radius 1 is 1.50 bits per heavy atom. The summed E-state index contributed by atoms with van der Waals surface area (Å²) in [7, 11) is 0. The van der Waals surface area contributed by atoms with Gasteiger partial charge in [-0.05, 0) is 43.4 Å². The average molecular weight is 277 g/mol. The molecular formula is C16H23NO3. The molecule has 1 amide bonds. The highest BCUT2D eigenvalue weighted by atomic mass is 16.5. The van der Waals surface area contributed by atoms with Crippen LogP contribution in [0.1, 0.15) is 38.7 Å². The molecule has 4 heteroatoms. The fourth-order valence-corrected chi connectivity index (χ4v) is 2.63. The highest BCUT2D eigenvalue weighted by Crippen LogP contribution is 2.25. The van der Waals surface area contributed by atoms with E-state index in [2.05, 4.69) is 12.2 Å². The molecule has 2 rings (SSSR count). The second-order valence-electron chi connectivity index (χ2n) is 5.59. The van der Waals surface area contributed by atoms with Crippen molar-refractivity contribution in [3.05, 3.63) is 29.8 Å². The first kappa shape index (κ1) is 14.9. The van der Waals surface area contributed by atoms with Gasteiger partial charge in [0.25, 0.3) is 5.91 Å². The maximum Gasteiger partial charge on any atom is 0.261 e. The first-order valence-electron chi connectivity index (χ1n) is 7.27. The second-order valence-corrected chi connectivity index (χ2v) is 5.59. The lowest BCUT2D eigenvalue weighted by Crippen LogP contribution is -2.43. The fourth-order valence-electron chi connectivity index (χ4n) is 2.63. The maximum absolute atomic E-state index is 12.1. The van der Waals surface area contributed by atoms with Crippen LogP contribution in [0.15, 0.2) is 24.3 Å². The molecule has 0 radical (unpaired) electrons. The van der Waals surface area contributed by atoms with Crippen molar-refractivity contribution in [3.8, 4) is 5.75 Å². The van der Waals surface area contributed by atoms with Crippen molar-refractivity contribution in [1.29, 1.82) is 0 Å². The van der Waals surface area contributed by atoms with E-state index in [1.165, 1.54) is 12.8 Å². The normalized spacial score (nSPS) is 23.4. The number of aliphatic hydroxyl groups is 1. The smallest absolute Gasteiger partial charge is 0.261 e. The predicted octanol–water partition coefficient (Wildman–Crippen LogP) is 2.25. The van der Waals surface area contributed by atoms with E-state index in [1.54, 1.807) is 19.1 Å². The van der Waals surface area contributed by atoms with Gasteiger partial charge in [-0.25, -0.2) is 0 Å². The Hall–Kier alpha value is -1.55. The highest BCUT2D eigenvalue weighted by molar-refractivity contribution is 5.81. The Balaban J connectivity index is 1.90. The van der Waals surface area contributed by atoms with E-state index >= 15 is 0 Å². The summed E-state index contributed by atoms with van der Waals surface area (Å²) in [6.07, 6.45) is 2.88. The third kappa shape index (κ3) is 3.73. The van der Waals surface area contributed by atoms with E-state index in [1.807, 2.05) is 12.1 Å². The van der Waals surface area contributed by atoms with Gasteiger partial charge in [-0.1, -0.05) is 25.5 Å². The van der Waals surface area contributed by atoms with Crippen LogP contribution in [0, 0.1) is 5.92 Å². The quantitative estimate of drug-likeness (QED) is 0.868. The molecule has 1 aliphatic rings. The molecule has 2 N–H and O–H groups in total. The molecule has 1 fully saturated rings. The number of ether oxygens (including phenoxy) is 1. The molecule has 0 heterocycles. The van der Waals surface area contributed by atoms with Crippen LogP contribution in [0.3, 0.4) is 0 Å². The molecule has 1 aliphatic carbocycles. The van der Waals surface area contributed by atoms with Gasteiger partial charge < -0.3 is 15.2 Å². The molecule has 1 aromatic carbocycles. The van der Waals surface area contributed by atoms with Crippen LogP contribution in [0.2, 0.25) is 0 Å². The van der Waals surface area contributed by atoms with E-state index in [-0.39, 0.29) is 18.6 Å². The third-order valence-corrected chi connectivity index (χ3v) is 3.95. The number of rotatable bonds is 5. The molecule has 0 saturated heterocycles. The fraction of sp³-hybridized carbons (Fsp3) is 0.562. The van der Waals surface area contributed by atoms with E-state index in [0.717, 1.165) is 12.0 Å². The van der Waals surface area contributed by atoms with Crippen LogP contribution in [-0.2, 0) is 11.4 Å². The Labute approximate surface area is 120 Å². The highest BCUT2D eigenvalue weighted by Gasteiger charge is 2.26. The summed E-state index contributed by atoms with van der Waals surface area (Å²) in [5, 5.41) is 12.2. The zero-order valence-electron chi connectivity index (χ0n) is 12.1. The molecule has 0 aromatic heterocycles. The number of hydrogen-bond donors (Lipinski definition) is 2. The maximum atomic E-state index is 12.1. The lowest BCUT2D eigenvalue weighted by Gasteiger charge is -2.21. The Bertz CT molecular complexity index is 461. The molecule has 0 aliphatic heterocycles. The minimum absolute atomic E-state index is 0.0304. The first-order chi connectivity index (χ1) is 9.60. The van der Waals surface area contributed by atoms with Crippen molar-refractivity contribution < 1.29 is 14.6 Å². The number of benzene rings is 1. The molecule has 3 atom stereocenters. The molecule has 110 valence electrons. The number of aliphatic hydroxyl groups excluding tert-OH is 1. The Morgan fingerprint density at radius 2 is 2.30 bits per heavy atom. The van der Waals surface area contributed by atoms with Gasteiger partial charge in [-0.2, -0.15) is 0 Å². The van der Waals surface area contributed by atoms with Gasteiger partial charge in [0.15, 0.2) is 6.10 Å². The lowest BCUT2D eigenvalue weighted by molar-refractivity contribution is -0.128. The van der Waals surface area contributed by atoms with Crippen molar-refractivity contribution in [2.75, 3.05) is 0 Å². The molecule has 0 bridgehead atoms. The molecular weight excluding hydrogens is 254 g/mol. The lowest BCUT2D eigenvalue weighted by atomic mass is 10.1. The monoisotopic (exact) mass is 277 g/mol. The van der Waals surface area contributed by atoms with E-state index in [9.17, 15) is 4.79 Å². The molecule has 1 aromatic rings. The van der Waals surface area contributed by atoms with Gasteiger partial charge in [0.1, 0.15) is 5.75 Å².